The lowest BCUT2D eigenvalue weighted by Crippen LogP contribution is -2.29. The van der Waals surface area contributed by atoms with Crippen LogP contribution in [0.15, 0.2) is 0 Å². The molecule has 5 heteroatoms. The summed E-state index contributed by atoms with van der Waals surface area (Å²) in [6.07, 6.45) is 1.76. The third kappa shape index (κ3) is 13.3. The largest absolute Gasteiger partial charge is 0.385 e. The van der Waals surface area contributed by atoms with Crippen molar-refractivity contribution in [2.24, 2.45) is 0 Å². The van der Waals surface area contributed by atoms with Gasteiger partial charge in [-0.2, -0.15) is 0 Å². The van der Waals surface area contributed by atoms with Gasteiger partial charge in [0, 0.05) is 32.9 Å². The van der Waals surface area contributed by atoms with Gasteiger partial charge >= 0.3 is 0 Å². The molecule has 0 aliphatic rings. The van der Waals surface area contributed by atoms with E-state index in [0.717, 1.165) is 19.4 Å². The average molecular weight is 246 g/mol. The van der Waals surface area contributed by atoms with Crippen LogP contribution in [0.3, 0.4) is 0 Å². The van der Waals surface area contributed by atoms with Crippen molar-refractivity contribution < 1.29 is 14.3 Å². The Labute approximate surface area is 104 Å². The number of carbonyl (C=O) groups excluding carboxylic acids is 1. The fourth-order valence-corrected chi connectivity index (χ4v) is 1.23. The zero-order chi connectivity index (χ0) is 12.9. The number of methoxy groups -OCH3 is 1. The van der Waals surface area contributed by atoms with Crippen LogP contribution in [0.4, 0.5) is 0 Å². The van der Waals surface area contributed by atoms with Crippen LogP contribution in [-0.2, 0) is 14.3 Å². The summed E-state index contributed by atoms with van der Waals surface area (Å²) in [6, 6.07) is 0.499. The molecule has 0 bridgehead atoms. The highest BCUT2D eigenvalue weighted by Gasteiger charge is 2.00. The van der Waals surface area contributed by atoms with E-state index >= 15 is 0 Å². The molecule has 0 fully saturated rings. The molecule has 0 unspecified atom stereocenters. The van der Waals surface area contributed by atoms with E-state index in [1.165, 1.54) is 0 Å². The van der Waals surface area contributed by atoms with E-state index in [4.69, 9.17) is 9.47 Å². The second-order valence-corrected chi connectivity index (χ2v) is 4.21. The van der Waals surface area contributed by atoms with E-state index in [9.17, 15) is 4.79 Å². The minimum absolute atomic E-state index is 0.0575. The Hall–Kier alpha value is -0.650. The molecule has 0 radical (unpaired) electrons. The third-order valence-electron chi connectivity index (χ3n) is 2.10. The monoisotopic (exact) mass is 246 g/mol. The molecular weight excluding hydrogens is 220 g/mol. The number of rotatable bonds is 11. The van der Waals surface area contributed by atoms with Gasteiger partial charge in [-0.1, -0.05) is 13.8 Å². The van der Waals surface area contributed by atoms with Crippen LogP contribution in [0, 0.1) is 0 Å². The molecule has 0 rings (SSSR count). The highest BCUT2D eigenvalue weighted by Crippen LogP contribution is 1.84. The van der Waals surface area contributed by atoms with Gasteiger partial charge in [-0.15, -0.1) is 0 Å². The molecule has 102 valence electrons. The van der Waals surface area contributed by atoms with Gasteiger partial charge in [0.2, 0.25) is 5.91 Å². The number of hydrogen-bond donors (Lipinski definition) is 2. The molecule has 17 heavy (non-hydrogen) atoms. The lowest BCUT2D eigenvalue weighted by Gasteiger charge is -2.08. The van der Waals surface area contributed by atoms with Crippen LogP contribution >= 0.6 is 0 Å². The molecule has 0 heterocycles. The highest BCUT2D eigenvalue weighted by atomic mass is 16.5. The lowest BCUT2D eigenvalue weighted by molar-refractivity contribution is -0.125. The highest BCUT2D eigenvalue weighted by molar-refractivity contribution is 5.77. The number of carbonyl (C=O) groups is 1. The molecule has 0 spiro atoms. The predicted molar refractivity (Wildman–Crippen MR) is 68.1 cm³/mol. The first kappa shape index (κ1) is 16.4. The maximum Gasteiger partial charge on any atom is 0.245 e. The van der Waals surface area contributed by atoms with E-state index in [1.807, 2.05) is 0 Å². The predicted octanol–water partition coefficient (Wildman–Crippen LogP) is 0.544. The molecule has 2 N–H and O–H groups in total. The number of amides is 1. The van der Waals surface area contributed by atoms with E-state index in [1.54, 1.807) is 7.11 Å². The van der Waals surface area contributed by atoms with Gasteiger partial charge in [-0.05, 0) is 19.4 Å². The maximum atomic E-state index is 11.3. The first-order chi connectivity index (χ1) is 8.16. The van der Waals surface area contributed by atoms with Gasteiger partial charge in [0.1, 0.15) is 6.61 Å². The maximum absolute atomic E-state index is 11.3. The fourth-order valence-electron chi connectivity index (χ4n) is 1.23. The SMILES string of the molecule is COCCCNC(=O)COCCCNC(C)C. The van der Waals surface area contributed by atoms with Crippen molar-refractivity contribution in [1.29, 1.82) is 0 Å². The van der Waals surface area contributed by atoms with Gasteiger partial charge in [0.15, 0.2) is 0 Å². The van der Waals surface area contributed by atoms with Crippen LogP contribution in [-0.4, -0.2) is 52.0 Å². The Morgan fingerprint density at radius 3 is 2.53 bits per heavy atom. The topological polar surface area (TPSA) is 59.6 Å². The minimum Gasteiger partial charge on any atom is -0.385 e. The summed E-state index contributed by atoms with van der Waals surface area (Å²) in [4.78, 5) is 11.3. The Kier molecular flexibility index (Phi) is 11.4. The molecule has 0 aromatic carbocycles. The van der Waals surface area contributed by atoms with Crippen molar-refractivity contribution >= 4 is 5.91 Å². The van der Waals surface area contributed by atoms with Crippen LogP contribution in [0.25, 0.3) is 0 Å². The normalized spacial score (nSPS) is 10.8. The second kappa shape index (κ2) is 11.8. The Morgan fingerprint density at radius 2 is 1.88 bits per heavy atom. The van der Waals surface area contributed by atoms with Crippen LogP contribution in [0.1, 0.15) is 26.7 Å². The van der Waals surface area contributed by atoms with E-state index in [-0.39, 0.29) is 12.5 Å². The molecule has 0 aliphatic heterocycles. The number of hydrogen-bond acceptors (Lipinski definition) is 4. The molecule has 0 saturated carbocycles. The number of ether oxygens (including phenoxy) is 2. The van der Waals surface area contributed by atoms with Gasteiger partial charge in [0.25, 0.3) is 0 Å². The van der Waals surface area contributed by atoms with Gasteiger partial charge < -0.3 is 20.1 Å². The minimum atomic E-state index is -0.0575. The Bertz CT molecular complexity index is 187. The second-order valence-electron chi connectivity index (χ2n) is 4.21. The molecule has 0 saturated heterocycles. The molecule has 0 atom stereocenters. The summed E-state index contributed by atoms with van der Waals surface area (Å²) >= 11 is 0. The summed E-state index contributed by atoms with van der Waals surface area (Å²) in [6.45, 7) is 7.21. The van der Waals surface area contributed by atoms with Crippen LogP contribution < -0.4 is 10.6 Å². The smallest absolute Gasteiger partial charge is 0.245 e. The Balaban J connectivity index is 3.16. The zero-order valence-corrected chi connectivity index (χ0v) is 11.3. The number of nitrogens with one attached hydrogen (secondary N) is 2. The molecule has 0 aromatic rings. The van der Waals surface area contributed by atoms with Gasteiger partial charge in [-0.25, -0.2) is 0 Å². The van der Waals surface area contributed by atoms with Crippen LogP contribution in [0.5, 0.6) is 0 Å². The fraction of sp³-hybridized carbons (Fsp3) is 0.917. The summed E-state index contributed by atoms with van der Waals surface area (Å²) in [5.74, 6) is -0.0575. The third-order valence-corrected chi connectivity index (χ3v) is 2.10. The summed E-state index contributed by atoms with van der Waals surface area (Å²) < 4.78 is 10.1. The van der Waals surface area contributed by atoms with Crippen molar-refractivity contribution in [2.75, 3.05) is 40.0 Å². The van der Waals surface area contributed by atoms with Crippen molar-refractivity contribution in [3.05, 3.63) is 0 Å². The first-order valence-corrected chi connectivity index (χ1v) is 6.23. The van der Waals surface area contributed by atoms with E-state index in [2.05, 4.69) is 24.5 Å². The summed E-state index contributed by atoms with van der Waals surface area (Å²) in [5, 5.41) is 6.05. The van der Waals surface area contributed by atoms with Crippen molar-refractivity contribution in [1.82, 2.24) is 10.6 Å². The molecule has 5 nitrogen and oxygen atoms in total. The van der Waals surface area contributed by atoms with Crippen molar-refractivity contribution in [3.63, 3.8) is 0 Å². The van der Waals surface area contributed by atoms with Gasteiger partial charge in [0.05, 0.1) is 0 Å². The lowest BCUT2D eigenvalue weighted by atomic mass is 10.3. The van der Waals surface area contributed by atoms with Crippen LogP contribution in [0.2, 0.25) is 0 Å². The molecule has 1 amide bonds. The molecule has 0 aromatic heterocycles. The van der Waals surface area contributed by atoms with E-state index in [0.29, 0.717) is 25.8 Å². The molecule has 0 aliphatic carbocycles. The molecular formula is C12H26N2O3. The average Bonchev–Trinajstić information content (AvgIpc) is 2.29. The quantitative estimate of drug-likeness (QED) is 0.523. The summed E-state index contributed by atoms with van der Waals surface area (Å²) in [5.41, 5.74) is 0. The first-order valence-electron chi connectivity index (χ1n) is 6.23. The standard InChI is InChI=1S/C12H26N2O3/c1-11(2)13-6-5-9-17-10-12(15)14-7-4-8-16-3/h11,13H,4-10H2,1-3H3,(H,14,15). The zero-order valence-electron chi connectivity index (χ0n) is 11.3. The summed E-state index contributed by atoms with van der Waals surface area (Å²) in [7, 11) is 1.65. The van der Waals surface area contributed by atoms with Crippen molar-refractivity contribution in [3.8, 4) is 0 Å². The van der Waals surface area contributed by atoms with E-state index < -0.39 is 0 Å². The van der Waals surface area contributed by atoms with Gasteiger partial charge in [-0.3, -0.25) is 4.79 Å². The Morgan fingerprint density at radius 1 is 1.18 bits per heavy atom. The van der Waals surface area contributed by atoms with Crippen molar-refractivity contribution in [2.45, 2.75) is 32.7 Å².